The first-order chi connectivity index (χ1) is 7.52. The van der Waals surface area contributed by atoms with Crippen LogP contribution in [-0.2, 0) is 4.74 Å². The monoisotopic (exact) mass is 229 g/mol. The molecule has 2 nitrogen and oxygen atoms in total. The van der Waals surface area contributed by atoms with E-state index in [1.54, 1.807) is 24.3 Å². The number of H-pyrrole nitrogens is 1. The molecule has 0 radical (unpaired) electrons. The van der Waals surface area contributed by atoms with E-state index >= 15 is 0 Å². The first-order valence-corrected chi connectivity index (χ1v) is 4.69. The maximum absolute atomic E-state index is 12.6. The van der Waals surface area contributed by atoms with Crippen molar-refractivity contribution >= 4 is 10.9 Å². The SMILES string of the molecule is COC(c1cc2ccccc2[nH]1)C(F)(F)F. The Morgan fingerprint density at radius 3 is 2.50 bits per heavy atom. The zero-order valence-corrected chi connectivity index (χ0v) is 8.51. The third-order valence-corrected chi connectivity index (χ3v) is 2.37. The van der Waals surface area contributed by atoms with Gasteiger partial charge in [-0.05, 0) is 17.5 Å². The van der Waals surface area contributed by atoms with Gasteiger partial charge in [0.25, 0.3) is 0 Å². The van der Waals surface area contributed by atoms with E-state index in [9.17, 15) is 13.2 Å². The maximum Gasteiger partial charge on any atom is 0.420 e. The molecule has 1 aromatic heterocycles. The number of aromatic amines is 1. The van der Waals surface area contributed by atoms with Crippen LogP contribution in [0.3, 0.4) is 0 Å². The summed E-state index contributed by atoms with van der Waals surface area (Å²) < 4.78 is 42.2. The van der Waals surface area contributed by atoms with Crippen LogP contribution in [0.2, 0.25) is 0 Å². The Hall–Kier alpha value is -1.49. The Labute approximate surface area is 90.0 Å². The summed E-state index contributed by atoms with van der Waals surface area (Å²) in [5.74, 6) is 0. The number of fused-ring (bicyclic) bond motifs is 1. The van der Waals surface area contributed by atoms with Crippen molar-refractivity contribution in [2.45, 2.75) is 12.3 Å². The van der Waals surface area contributed by atoms with Crippen LogP contribution in [0, 0.1) is 0 Å². The first kappa shape index (κ1) is 11.0. The van der Waals surface area contributed by atoms with Crippen LogP contribution >= 0.6 is 0 Å². The number of alkyl halides is 3. The van der Waals surface area contributed by atoms with E-state index in [4.69, 9.17) is 0 Å². The number of aromatic nitrogens is 1. The number of methoxy groups -OCH3 is 1. The second-order valence-corrected chi connectivity index (χ2v) is 3.47. The van der Waals surface area contributed by atoms with Gasteiger partial charge in [-0.25, -0.2) is 0 Å². The number of ether oxygens (including phenoxy) is 1. The fraction of sp³-hybridized carbons (Fsp3) is 0.273. The minimum atomic E-state index is -4.41. The third-order valence-electron chi connectivity index (χ3n) is 2.37. The average molecular weight is 229 g/mol. The molecule has 86 valence electrons. The maximum atomic E-state index is 12.6. The molecular weight excluding hydrogens is 219 g/mol. The van der Waals surface area contributed by atoms with Crippen LogP contribution in [0.5, 0.6) is 0 Å². The molecule has 5 heteroatoms. The number of hydrogen-bond donors (Lipinski definition) is 1. The first-order valence-electron chi connectivity index (χ1n) is 4.69. The highest BCUT2D eigenvalue weighted by Crippen LogP contribution is 2.35. The summed E-state index contributed by atoms with van der Waals surface area (Å²) in [6.45, 7) is 0. The van der Waals surface area contributed by atoms with Crippen LogP contribution < -0.4 is 0 Å². The average Bonchev–Trinajstić information content (AvgIpc) is 2.59. The van der Waals surface area contributed by atoms with Crippen LogP contribution in [0.1, 0.15) is 11.8 Å². The molecule has 0 saturated heterocycles. The largest absolute Gasteiger partial charge is 0.420 e. The van der Waals surface area contributed by atoms with Gasteiger partial charge in [0.05, 0.1) is 5.69 Å². The predicted molar refractivity (Wildman–Crippen MR) is 54.1 cm³/mol. The molecule has 0 aliphatic carbocycles. The zero-order valence-electron chi connectivity index (χ0n) is 8.51. The lowest BCUT2D eigenvalue weighted by atomic mass is 10.2. The van der Waals surface area contributed by atoms with Crippen molar-refractivity contribution in [3.05, 3.63) is 36.0 Å². The third kappa shape index (κ3) is 1.90. The molecule has 1 unspecified atom stereocenters. The van der Waals surface area contributed by atoms with Crippen LogP contribution in [0.4, 0.5) is 13.2 Å². The zero-order chi connectivity index (χ0) is 11.8. The van der Waals surface area contributed by atoms with Crippen molar-refractivity contribution in [3.8, 4) is 0 Å². The fourth-order valence-corrected chi connectivity index (χ4v) is 1.67. The molecule has 0 aliphatic heterocycles. The number of nitrogens with one attached hydrogen (secondary N) is 1. The molecule has 1 heterocycles. The normalized spacial score (nSPS) is 14.2. The molecule has 2 rings (SSSR count). The van der Waals surface area contributed by atoms with Gasteiger partial charge in [0, 0.05) is 12.6 Å². The smallest absolute Gasteiger partial charge is 0.366 e. The summed E-state index contributed by atoms with van der Waals surface area (Å²) in [5, 5.41) is 0.740. The van der Waals surface area contributed by atoms with Gasteiger partial charge in [0.2, 0.25) is 0 Å². The number of para-hydroxylation sites is 1. The van der Waals surface area contributed by atoms with Crippen molar-refractivity contribution < 1.29 is 17.9 Å². The molecule has 16 heavy (non-hydrogen) atoms. The molecule has 1 aromatic carbocycles. The minimum Gasteiger partial charge on any atom is -0.366 e. The van der Waals surface area contributed by atoms with Crippen LogP contribution in [-0.4, -0.2) is 18.3 Å². The fourth-order valence-electron chi connectivity index (χ4n) is 1.67. The topological polar surface area (TPSA) is 25.0 Å². The molecule has 0 saturated carbocycles. The lowest BCUT2D eigenvalue weighted by Crippen LogP contribution is -2.22. The summed E-state index contributed by atoms with van der Waals surface area (Å²) in [5.41, 5.74) is 0.694. The van der Waals surface area contributed by atoms with Gasteiger partial charge >= 0.3 is 6.18 Å². The van der Waals surface area contributed by atoms with E-state index in [-0.39, 0.29) is 5.69 Å². The van der Waals surface area contributed by atoms with E-state index in [1.807, 2.05) is 0 Å². The molecule has 0 spiro atoms. The van der Waals surface area contributed by atoms with Crippen LogP contribution in [0.25, 0.3) is 10.9 Å². The van der Waals surface area contributed by atoms with E-state index in [2.05, 4.69) is 9.72 Å². The lowest BCUT2D eigenvalue weighted by Gasteiger charge is -2.17. The van der Waals surface area contributed by atoms with Gasteiger partial charge in [-0.3, -0.25) is 0 Å². The van der Waals surface area contributed by atoms with E-state index in [0.29, 0.717) is 5.52 Å². The highest BCUT2D eigenvalue weighted by atomic mass is 19.4. The van der Waals surface area contributed by atoms with Crippen molar-refractivity contribution in [2.24, 2.45) is 0 Å². The van der Waals surface area contributed by atoms with Gasteiger partial charge in [-0.1, -0.05) is 18.2 Å². The Morgan fingerprint density at radius 2 is 1.94 bits per heavy atom. The van der Waals surface area contributed by atoms with Crippen LogP contribution in [0.15, 0.2) is 30.3 Å². The molecule has 2 aromatic rings. The second kappa shape index (κ2) is 3.83. The summed E-state index contributed by atoms with van der Waals surface area (Å²) in [6.07, 6.45) is -6.31. The summed E-state index contributed by atoms with van der Waals surface area (Å²) in [4.78, 5) is 2.71. The number of rotatable bonds is 2. The molecule has 0 fully saturated rings. The molecule has 1 atom stereocenters. The lowest BCUT2D eigenvalue weighted by molar-refractivity contribution is -0.216. The summed E-state index contributed by atoms with van der Waals surface area (Å²) >= 11 is 0. The highest BCUT2D eigenvalue weighted by molar-refractivity contribution is 5.80. The van der Waals surface area contributed by atoms with E-state index in [1.165, 1.54) is 6.07 Å². The number of benzene rings is 1. The van der Waals surface area contributed by atoms with E-state index in [0.717, 1.165) is 12.5 Å². The van der Waals surface area contributed by atoms with Crippen molar-refractivity contribution in [2.75, 3.05) is 7.11 Å². The van der Waals surface area contributed by atoms with Gasteiger partial charge in [0.15, 0.2) is 6.10 Å². The van der Waals surface area contributed by atoms with Crippen molar-refractivity contribution in [1.82, 2.24) is 4.98 Å². The van der Waals surface area contributed by atoms with Gasteiger partial charge < -0.3 is 9.72 Å². The van der Waals surface area contributed by atoms with Crippen molar-refractivity contribution in [1.29, 1.82) is 0 Å². The van der Waals surface area contributed by atoms with Gasteiger partial charge in [0.1, 0.15) is 0 Å². The quantitative estimate of drug-likeness (QED) is 0.838. The molecule has 1 N–H and O–H groups in total. The Balaban J connectivity index is 2.46. The Kier molecular flexibility index (Phi) is 2.63. The minimum absolute atomic E-state index is 0.0243. The van der Waals surface area contributed by atoms with Gasteiger partial charge in [-0.2, -0.15) is 13.2 Å². The second-order valence-electron chi connectivity index (χ2n) is 3.47. The summed E-state index contributed by atoms with van der Waals surface area (Å²) in [7, 11) is 1.05. The van der Waals surface area contributed by atoms with E-state index < -0.39 is 12.3 Å². The summed E-state index contributed by atoms with van der Waals surface area (Å²) in [6, 6.07) is 8.46. The highest BCUT2D eigenvalue weighted by Gasteiger charge is 2.42. The molecule has 0 aliphatic rings. The molecular formula is C11H10F3NO. The number of halogens is 3. The Morgan fingerprint density at radius 1 is 1.25 bits per heavy atom. The number of hydrogen-bond acceptors (Lipinski definition) is 1. The van der Waals surface area contributed by atoms with Crippen molar-refractivity contribution in [3.63, 3.8) is 0 Å². The predicted octanol–water partition coefficient (Wildman–Crippen LogP) is 3.42. The van der Waals surface area contributed by atoms with Gasteiger partial charge in [-0.15, -0.1) is 0 Å². The standard InChI is InChI=1S/C11H10F3NO/c1-16-10(11(12,13)14)9-6-7-4-2-3-5-8(7)15-9/h2-6,10,15H,1H3. The Bertz CT molecular complexity index is 456. The molecule has 0 amide bonds. The molecule has 0 bridgehead atoms.